The van der Waals surface area contributed by atoms with Crippen LogP contribution in [0, 0.1) is 0 Å². The third-order valence-electron chi connectivity index (χ3n) is 2.47. The van der Waals surface area contributed by atoms with Crippen molar-refractivity contribution in [2.45, 2.75) is 6.42 Å². The molecule has 0 spiro atoms. The second kappa shape index (κ2) is 4.28. The van der Waals surface area contributed by atoms with Gasteiger partial charge in [0.25, 0.3) is 0 Å². The molecule has 0 aliphatic heterocycles. The second-order valence-corrected chi connectivity index (χ2v) is 3.54. The lowest BCUT2D eigenvalue weighted by molar-refractivity contribution is 0.970. The molecule has 1 heterocycles. The molecule has 3 nitrogen and oxygen atoms in total. The number of nitrogens with zero attached hydrogens (tertiary/aromatic N) is 1. The lowest BCUT2D eigenvalue weighted by Gasteiger charge is -2.04. The number of rotatable bonds is 3. The quantitative estimate of drug-likeness (QED) is 0.795. The number of anilines is 1. The average Bonchev–Trinajstić information content (AvgIpc) is 2.29. The monoisotopic (exact) mass is 201 g/mol. The molecule has 0 bridgehead atoms. The van der Waals surface area contributed by atoms with Crippen LogP contribution in [0.5, 0.6) is 0 Å². The fourth-order valence-corrected chi connectivity index (χ4v) is 1.63. The van der Waals surface area contributed by atoms with Gasteiger partial charge >= 0.3 is 0 Å². The van der Waals surface area contributed by atoms with E-state index in [9.17, 15) is 0 Å². The topological polar surface area (TPSA) is 50.9 Å². The zero-order valence-corrected chi connectivity index (χ0v) is 8.83. The molecule has 2 aromatic rings. The zero-order chi connectivity index (χ0) is 10.7. The Morgan fingerprint density at radius 3 is 2.93 bits per heavy atom. The molecule has 1 aromatic carbocycles. The first kappa shape index (κ1) is 9.93. The Labute approximate surface area is 89.3 Å². The van der Waals surface area contributed by atoms with Crippen LogP contribution in [0.25, 0.3) is 10.9 Å². The van der Waals surface area contributed by atoms with Gasteiger partial charge in [-0.1, -0.05) is 12.1 Å². The lowest BCUT2D eigenvalue weighted by atomic mass is 10.1. The molecule has 0 aliphatic carbocycles. The van der Waals surface area contributed by atoms with Gasteiger partial charge in [-0.25, -0.2) is 0 Å². The molecular formula is C12H15N3. The highest BCUT2D eigenvalue weighted by Gasteiger charge is 1.98. The molecule has 15 heavy (non-hydrogen) atoms. The molecule has 78 valence electrons. The Kier molecular flexibility index (Phi) is 2.83. The summed E-state index contributed by atoms with van der Waals surface area (Å²) in [5, 5.41) is 4.23. The summed E-state index contributed by atoms with van der Waals surface area (Å²) >= 11 is 0. The number of benzene rings is 1. The van der Waals surface area contributed by atoms with E-state index in [4.69, 9.17) is 5.73 Å². The maximum Gasteiger partial charge on any atom is 0.0706 e. The Morgan fingerprint density at radius 2 is 2.20 bits per heavy atom. The largest absolute Gasteiger partial charge is 0.387 e. The van der Waals surface area contributed by atoms with Crippen molar-refractivity contribution in [3.63, 3.8) is 0 Å². The van der Waals surface area contributed by atoms with Crippen molar-refractivity contribution in [2.24, 2.45) is 5.73 Å². The molecule has 3 N–H and O–H groups in total. The average molecular weight is 201 g/mol. The van der Waals surface area contributed by atoms with E-state index in [1.165, 1.54) is 5.56 Å². The summed E-state index contributed by atoms with van der Waals surface area (Å²) in [7, 11) is 1.89. The first-order valence-electron chi connectivity index (χ1n) is 5.10. The molecule has 0 atom stereocenters. The summed E-state index contributed by atoms with van der Waals surface area (Å²) in [6, 6.07) is 8.39. The molecule has 2 rings (SSSR count). The number of aromatic nitrogens is 1. The summed E-state index contributed by atoms with van der Waals surface area (Å²) in [5.74, 6) is 0. The van der Waals surface area contributed by atoms with Crippen molar-refractivity contribution in [1.82, 2.24) is 4.98 Å². The number of pyridine rings is 1. The highest BCUT2D eigenvalue weighted by atomic mass is 14.8. The second-order valence-electron chi connectivity index (χ2n) is 3.54. The van der Waals surface area contributed by atoms with Gasteiger partial charge in [0.05, 0.1) is 17.4 Å². The molecule has 0 amide bonds. The van der Waals surface area contributed by atoms with Crippen LogP contribution in [0.2, 0.25) is 0 Å². The van der Waals surface area contributed by atoms with Crippen molar-refractivity contribution >= 4 is 16.6 Å². The standard InChI is InChI=1S/C12H15N3/c1-14-11-7-10-3-2-9(4-5-13)6-12(10)15-8-11/h2-3,6-8,14H,4-5,13H2,1H3. The summed E-state index contributed by atoms with van der Waals surface area (Å²) in [5.41, 5.74) is 8.83. The van der Waals surface area contributed by atoms with Gasteiger partial charge < -0.3 is 11.1 Å². The normalized spacial score (nSPS) is 10.5. The van der Waals surface area contributed by atoms with Crippen LogP contribution in [0.15, 0.2) is 30.5 Å². The number of nitrogens with two attached hydrogens (primary N) is 1. The number of hydrogen-bond acceptors (Lipinski definition) is 3. The van der Waals surface area contributed by atoms with E-state index in [1.54, 1.807) is 0 Å². The first-order chi connectivity index (χ1) is 7.33. The van der Waals surface area contributed by atoms with Crippen LogP contribution in [0.3, 0.4) is 0 Å². The Bertz CT molecular complexity index is 465. The van der Waals surface area contributed by atoms with Crippen LogP contribution in [0.4, 0.5) is 5.69 Å². The fourth-order valence-electron chi connectivity index (χ4n) is 1.63. The minimum Gasteiger partial charge on any atom is -0.387 e. The van der Waals surface area contributed by atoms with Crippen molar-refractivity contribution in [3.05, 3.63) is 36.0 Å². The maximum atomic E-state index is 5.52. The van der Waals surface area contributed by atoms with Gasteiger partial charge in [-0.05, 0) is 30.7 Å². The molecule has 0 aliphatic rings. The van der Waals surface area contributed by atoms with Gasteiger partial charge in [-0.3, -0.25) is 4.98 Å². The van der Waals surface area contributed by atoms with E-state index >= 15 is 0 Å². The highest BCUT2D eigenvalue weighted by molar-refractivity contribution is 5.82. The Hall–Kier alpha value is -1.61. The van der Waals surface area contributed by atoms with Crippen LogP contribution in [-0.2, 0) is 6.42 Å². The fraction of sp³-hybridized carbons (Fsp3) is 0.250. The molecule has 0 fully saturated rings. The third kappa shape index (κ3) is 2.07. The van der Waals surface area contributed by atoms with Crippen LogP contribution < -0.4 is 11.1 Å². The van der Waals surface area contributed by atoms with Gasteiger partial charge in [0.15, 0.2) is 0 Å². The van der Waals surface area contributed by atoms with Gasteiger partial charge in [0.1, 0.15) is 0 Å². The van der Waals surface area contributed by atoms with E-state index in [0.29, 0.717) is 6.54 Å². The number of nitrogens with one attached hydrogen (secondary N) is 1. The molecule has 0 saturated heterocycles. The van der Waals surface area contributed by atoms with Crippen molar-refractivity contribution in [2.75, 3.05) is 18.9 Å². The lowest BCUT2D eigenvalue weighted by Crippen LogP contribution is -2.02. The zero-order valence-electron chi connectivity index (χ0n) is 8.83. The van der Waals surface area contributed by atoms with Gasteiger partial charge in [-0.2, -0.15) is 0 Å². The molecule has 0 unspecified atom stereocenters. The highest BCUT2D eigenvalue weighted by Crippen LogP contribution is 2.17. The smallest absolute Gasteiger partial charge is 0.0706 e. The summed E-state index contributed by atoms with van der Waals surface area (Å²) in [4.78, 5) is 4.39. The number of hydrogen-bond donors (Lipinski definition) is 2. The Morgan fingerprint density at radius 1 is 1.33 bits per heavy atom. The minimum atomic E-state index is 0.681. The van der Waals surface area contributed by atoms with Crippen LogP contribution in [0.1, 0.15) is 5.56 Å². The van der Waals surface area contributed by atoms with E-state index in [2.05, 4.69) is 34.6 Å². The van der Waals surface area contributed by atoms with Crippen LogP contribution >= 0.6 is 0 Å². The predicted molar refractivity (Wildman–Crippen MR) is 64.0 cm³/mol. The molecule has 0 radical (unpaired) electrons. The molecule has 0 saturated carbocycles. The molecular weight excluding hydrogens is 186 g/mol. The van der Waals surface area contributed by atoms with Gasteiger partial charge in [0.2, 0.25) is 0 Å². The van der Waals surface area contributed by atoms with Gasteiger partial charge in [-0.15, -0.1) is 0 Å². The summed E-state index contributed by atoms with van der Waals surface area (Å²) in [6.45, 7) is 0.681. The first-order valence-corrected chi connectivity index (χ1v) is 5.10. The SMILES string of the molecule is CNc1cnc2cc(CCN)ccc2c1. The minimum absolute atomic E-state index is 0.681. The third-order valence-corrected chi connectivity index (χ3v) is 2.47. The molecule has 1 aromatic heterocycles. The van der Waals surface area contributed by atoms with E-state index in [0.717, 1.165) is 23.0 Å². The maximum absolute atomic E-state index is 5.52. The van der Waals surface area contributed by atoms with Crippen molar-refractivity contribution in [1.29, 1.82) is 0 Å². The van der Waals surface area contributed by atoms with Crippen molar-refractivity contribution in [3.8, 4) is 0 Å². The van der Waals surface area contributed by atoms with E-state index < -0.39 is 0 Å². The Balaban J connectivity index is 2.45. The predicted octanol–water partition coefficient (Wildman–Crippen LogP) is 1.78. The van der Waals surface area contributed by atoms with E-state index in [1.807, 2.05) is 13.2 Å². The van der Waals surface area contributed by atoms with Crippen molar-refractivity contribution < 1.29 is 0 Å². The number of fused-ring (bicyclic) bond motifs is 1. The summed E-state index contributed by atoms with van der Waals surface area (Å²) < 4.78 is 0. The van der Waals surface area contributed by atoms with Crippen LogP contribution in [-0.4, -0.2) is 18.6 Å². The summed E-state index contributed by atoms with van der Waals surface area (Å²) in [6.07, 6.45) is 2.75. The van der Waals surface area contributed by atoms with E-state index in [-0.39, 0.29) is 0 Å². The molecule has 3 heteroatoms. The van der Waals surface area contributed by atoms with Gasteiger partial charge in [0, 0.05) is 12.4 Å².